The zero-order chi connectivity index (χ0) is 14.6. The number of rotatable bonds is 4. The first kappa shape index (κ1) is 15.3. The van der Waals surface area contributed by atoms with Crippen molar-refractivity contribution in [3.63, 3.8) is 0 Å². The average Bonchev–Trinajstić information content (AvgIpc) is 2.76. The molecule has 1 aliphatic rings. The highest BCUT2D eigenvalue weighted by atomic mass is 16.5. The van der Waals surface area contributed by atoms with E-state index in [1.165, 1.54) is 12.0 Å². The molecule has 106 valence electrons. The van der Waals surface area contributed by atoms with E-state index in [4.69, 9.17) is 5.53 Å². The second-order valence-corrected chi connectivity index (χ2v) is 4.81. The molecule has 0 aromatic carbocycles. The molecule has 8 heteroatoms. The molecule has 0 aromatic rings. The van der Waals surface area contributed by atoms with Gasteiger partial charge < -0.3 is 14.7 Å². The third-order valence-corrected chi connectivity index (χ3v) is 3.10. The first-order valence-corrected chi connectivity index (χ1v) is 6.03. The molecule has 0 radical (unpaired) electrons. The smallest absolute Gasteiger partial charge is 0.328 e. The molecule has 0 aliphatic carbocycles. The Morgan fingerprint density at radius 1 is 1.53 bits per heavy atom. The van der Waals surface area contributed by atoms with Crippen LogP contribution >= 0.6 is 0 Å². The number of ether oxygens (including phenoxy) is 1. The Balaban J connectivity index is 2.95. The lowest BCUT2D eigenvalue weighted by Gasteiger charge is -2.26. The standard InChI is InChI=1S/C11H18N4O4/c1-6(2)9(13-14-12)10(17)15-5-7(16)4-8(15)11(18)19-3/h6-9,16H,4-5H2,1-3H3/t7-,8+,9+/m1/s1. The largest absolute Gasteiger partial charge is 0.467 e. The molecule has 0 unspecified atom stereocenters. The van der Waals surface area contributed by atoms with Gasteiger partial charge in [0.15, 0.2) is 0 Å². The zero-order valence-electron chi connectivity index (χ0n) is 11.2. The lowest BCUT2D eigenvalue weighted by atomic mass is 10.0. The molecular weight excluding hydrogens is 252 g/mol. The predicted molar refractivity (Wildman–Crippen MR) is 65.9 cm³/mol. The molecule has 19 heavy (non-hydrogen) atoms. The van der Waals surface area contributed by atoms with Crippen molar-refractivity contribution in [2.45, 2.75) is 38.5 Å². The Bertz CT molecular complexity index is 405. The van der Waals surface area contributed by atoms with Crippen LogP contribution < -0.4 is 0 Å². The van der Waals surface area contributed by atoms with Crippen LogP contribution in [0.1, 0.15) is 20.3 Å². The number of aliphatic hydroxyl groups is 1. The number of aliphatic hydroxyl groups excluding tert-OH is 1. The van der Waals surface area contributed by atoms with E-state index in [9.17, 15) is 14.7 Å². The van der Waals surface area contributed by atoms with Crippen molar-refractivity contribution in [3.05, 3.63) is 10.4 Å². The number of amides is 1. The molecule has 0 aromatic heterocycles. The van der Waals surface area contributed by atoms with Crippen molar-refractivity contribution in [1.82, 2.24) is 4.90 Å². The van der Waals surface area contributed by atoms with Gasteiger partial charge in [0.2, 0.25) is 5.91 Å². The van der Waals surface area contributed by atoms with Crippen molar-refractivity contribution in [1.29, 1.82) is 0 Å². The normalized spacial score (nSPS) is 23.9. The van der Waals surface area contributed by atoms with E-state index >= 15 is 0 Å². The quantitative estimate of drug-likeness (QED) is 0.345. The fourth-order valence-corrected chi connectivity index (χ4v) is 2.11. The highest BCUT2D eigenvalue weighted by Gasteiger charge is 2.42. The number of nitrogens with zero attached hydrogens (tertiary/aromatic N) is 4. The minimum Gasteiger partial charge on any atom is -0.467 e. The Morgan fingerprint density at radius 2 is 2.16 bits per heavy atom. The molecule has 1 rings (SSSR count). The number of hydrogen-bond donors (Lipinski definition) is 1. The minimum atomic E-state index is -0.887. The first-order chi connectivity index (χ1) is 8.92. The van der Waals surface area contributed by atoms with Gasteiger partial charge in [0, 0.05) is 17.9 Å². The van der Waals surface area contributed by atoms with E-state index in [2.05, 4.69) is 14.8 Å². The van der Waals surface area contributed by atoms with E-state index in [-0.39, 0.29) is 18.9 Å². The van der Waals surface area contributed by atoms with Crippen molar-refractivity contribution in [2.24, 2.45) is 11.0 Å². The van der Waals surface area contributed by atoms with E-state index in [0.29, 0.717) is 0 Å². The maximum absolute atomic E-state index is 12.3. The van der Waals surface area contributed by atoms with Gasteiger partial charge in [0.25, 0.3) is 0 Å². The lowest BCUT2D eigenvalue weighted by molar-refractivity contribution is -0.151. The molecule has 8 nitrogen and oxygen atoms in total. The van der Waals surface area contributed by atoms with Gasteiger partial charge in [0.1, 0.15) is 12.1 Å². The van der Waals surface area contributed by atoms with Crippen molar-refractivity contribution in [3.8, 4) is 0 Å². The summed E-state index contributed by atoms with van der Waals surface area (Å²) in [4.78, 5) is 27.8. The molecule has 1 amide bonds. The minimum absolute atomic E-state index is 0.0444. The fourth-order valence-electron chi connectivity index (χ4n) is 2.11. The summed E-state index contributed by atoms with van der Waals surface area (Å²) in [6, 6.07) is -1.70. The lowest BCUT2D eigenvalue weighted by Crippen LogP contribution is -2.46. The highest BCUT2D eigenvalue weighted by Crippen LogP contribution is 2.22. The van der Waals surface area contributed by atoms with E-state index in [1.54, 1.807) is 13.8 Å². The van der Waals surface area contributed by atoms with Gasteiger partial charge >= 0.3 is 5.97 Å². The summed E-state index contributed by atoms with van der Waals surface area (Å²) in [5.41, 5.74) is 8.50. The zero-order valence-corrected chi connectivity index (χ0v) is 11.2. The third-order valence-electron chi connectivity index (χ3n) is 3.10. The van der Waals surface area contributed by atoms with Gasteiger partial charge in [-0.3, -0.25) is 4.79 Å². The van der Waals surface area contributed by atoms with Gasteiger partial charge in [0.05, 0.1) is 13.2 Å². The van der Waals surface area contributed by atoms with Crippen LogP contribution in [0, 0.1) is 5.92 Å². The van der Waals surface area contributed by atoms with Crippen LogP contribution in [-0.2, 0) is 14.3 Å². The van der Waals surface area contributed by atoms with Gasteiger partial charge in [-0.05, 0) is 11.4 Å². The maximum atomic E-state index is 12.3. The number of azide groups is 1. The molecule has 3 atom stereocenters. The van der Waals surface area contributed by atoms with Crippen LogP contribution in [0.25, 0.3) is 10.4 Å². The van der Waals surface area contributed by atoms with Crippen LogP contribution in [0.3, 0.4) is 0 Å². The SMILES string of the molecule is COC(=O)[C@@H]1C[C@@H](O)CN1C(=O)[C@@H](N=[N+]=[N-])C(C)C. The summed E-state index contributed by atoms with van der Waals surface area (Å²) in [5.74, 6) is -1.23. The Hall–Kier alpha value is -1.79. The second-order valence-electron chi connectivity index (χ2n) is 4.81. The van der Waals surface area contributed by atoms with Crippen molar-refractivity contribution < 1.29 is 19.4 Å². The molecule has 1 heterocycles. The summed E-state index contributed by atoms with van der Waals surface area (Å²) in [7, 11) is 1.23. The van der Waals surface area contributed by atoms with Gasteiger partial charge in [-0.15, -0.1) is 0 Å². The number of β-amino-alcohol motifs (C(OH)–C–C–N with tert-alkyl or cyclic N) is 1. The van der Waals surface area contributed by atoms with Crippen LogP contribution in [0.4, 0.5) is 0 Å². The van der Waals surface area contributed by atoms with Gasteiger partial charge in [-0.2, -0.15) is 0 Å². The number of carbonyl (C=O) groups is 2. The van der Waals surface area contributed by atoms with Crippen molar-refractivity contribution in [2.75, 3.05) is 13.7 Å². The third kappa shape index (κ3) is 3.36. The summed E-state index contributed by atoms with van der Waals surface area (Å²) >= 11 is 0. The van der Waals surface area contributed by atoms with Crippen LogP contribution in [0.15, 0.2) is 5.11 Å². The van der Waals surface area contributed by atoms with Gasteiger partial charge in [-0.25, -0.2) is 4.79 Å². The summed E-state index contributed by atoms with van der Waals surface area (Å²) in [6.45, 7) is 3.54. The Kier molecular flexibility index (Phi) is 5.14. The summed E-state index contributed by atoms with van der Waals surface area (Å²) in [6.07, 6.45) is -0.633. The number of methoxy groups -OCH3 is 1. The Morgan fingerprint density at radius 3 is 2.63 bits per heavy atom. The molecule has 0 saturated carbocycles. The highest BCUT2D eigenvalue weighted by molar-refractivity contribution is 5.88. The number of esters is 1. The molecular formula is C11H18N4O4. The van der Waals surface area contributed by atoms with E-state index in [0.717, 1.165) is 0 Å². The van der Waals surface area contributed by atoms with E-state index in [1.807, 2.05) is 0 Å². The molecule has 0 spiro atoms. The van der Waals surface area contributed by atoms with Crippen LogP contribution in [-0.4, -0.2) is 53.7 Å². The molecule has 0 bridgehead atoms. The summed E-state index contributed by atoms with van der Waals surface area (Å²) < 4.78 is 4.62. The Labute approximate surface area is 111 Å². The molecule has 1 N–H and O–H groups in total. The van der Waals surface area contributed by atoms with Gasteiger partial charge in [-0.1, -0.05) is 19.0 Å². The average molecular weight is 270 g/mol. The molecule has 1 saturated heterocycles. The van der Waals surface area contributed by atoms with Crippen molar-refractivity contribution >= 4 is 11.9 Å². The topological polar surface area (TPSA) is 116 Å². The molecule has 1 fully saturated rings. The second kappa shape index (κ2) is 6.40. The van der Waals surface area contributed by atoms with Crippen LogP contribution in [0.2, 0.25) is 0 Å². The monoisotopic (exact) mass is 270 g/mol. The van der Waals surface area contributed by atoms with Crippen LogP contribution in [0.5, 0.6) is 0 Å². The number of carbonyl (C=O) groups excluding carboxylic acids is 2. The first-order valence-electron chi connectivity index (χ1n) is 6.03. The maximum Gasteiger partial charge on any atom is 0.328 e. The summed E-state index contributed by atoms with van der Waals surface area (Å²) in [5, 5.41) is 13.1. The molecule has 1 aliphatic heterocycles. The predicted octanol–water partition coefficient (Wildman–Crippen LogP) is 0.456. The number of likely N-dealkylation sites (tertiary alicyclic amines) is 1. The fraction of sp³-hybridized carbons (Fsp3) is 0.818. The van der Waals surface area contributed by atoms with E-state index < -0.39 is 30.1 Å². The number of hydrogen-bond acceptors (Lipinski definition) is 5.